The van der Waals surface area contributed by atoms with Crippen LogP contribution in [0.2, 0.25) is 0 Å². The number of thioether (sulfide) groups is 1. The van der Waals surface area contributed by atoms with Crippen molar-refractivity contribution < 1.29 is 13.2 Å². The van der Waals surface area contributed by atoms with Crippen LogP contribution in [-0.2, 0) is 0 Å². The van der Waals surface area contributed by atoms with E-state index in [1.54, 1.807) is 18.2 Å². The summed E-state index contributed by atoms with van der Waals surface area (Å²) in [6.45, 7) is 3.46. The molecule has 15 heavy (non-hydrogen) atoms. The van der Waals surface area contributed by atoms with E-state index in [2.05, 4.69) is 6.58 Å². The van der Waals surface area contributed by atoms with Gasteiger partial charge in [-0.2, -0.15) is 13.2 Å². The molecule has 0 fully saturated rings. The minimum Gasteiger partial charge on any atom is -0.321 e. The summed E-state index contributed by atoms with van der Waals surface area (Å²) in [6.07, 6.45) is 1.41. The van der Waals surface area contributed by atoms with Crippen molar-refractivity contribution in [2.75, 3.05) is 0 Å². The maximum absolute atomic E-state index is 12.2. The van der Waals surface area contributed by atoms with Crippen molar-refractivity contribution in [3.8, 4) is 0 Å². The van der Waals surface area contributed by atoms with E-state index in [1.165, 1.54) is 12.1 Å². The molecule has 0 heterocycles. The number of nitrogens with two attached hydrogens (primary N) is 1. The van der Waals surface area contributed by atoms with Crippen LogP contribution >= 0.6 is 11.8 Å². The Morgan fingerprint density at radius 1 is 1.33 bits per heavy atom. The fourth-order valence-electron chi connectivity index (χ4n) is 1.10. The predicted molar refractivity (Wildman–Crippen MR) is 55.5 cm³/mol. The van der Waals surface area contributed by atoms with Crippen molar-refractivity contribution in [2.24, 2.45) is 5.73 Å². The minimum absolute atomic E-state index is 0.123. The molecule has 0 aliphatic carbocycles. The third kappa shape index (κ3) is 3.60. The highest BCUT2D eigenvalue weighted by Gasteiger charge is 2.30. The average molecular weight is 233 g/mol. The quantitative estimate of drug-likeness (QED) is 0.639. The molecule has 0 saturated carbocycles. The zero-order chi connectivity index (χ0) is 11.5. The van der Waals surface area contributed by atoms with Gasteiger partial charge in [0.2, 0.25) is 0 Å². The number of alkyl halides is 3. The van der Waals surface area contributed by atoms with Crippen molar-refractivity contribution in [3.05, 3.63) is 42.5 Å². The van der Waals surface area contributed by atoms with Crippen LogP contribution in [0.1, 0.15) is 11.6 Å². The van der Waals surface area contributed by atoms with Crippen LogP contribution in [0, 0.1) is 0 Å². The Kier molecular flexibility index (Phi) is 3.82. The van der Waals surface area contributed by atoms with Gasteiger partial charge in [-0.25, -0.2) is 0 Å². The largest absolute Gasteiger partial charge is 0.446 e. The highest BCUT2D eigenvalue weighted by molar-refractivity contribution is 8.00. The number of hydrogen-bond acceptors (Lipinski definition) is 2. The third-order valence-electron chi connectivity index (χ3n) is 1.76. The Hall–Kier alpha value is -0.940. The molecule has 2 N–H and O–H groups in total. The molecule has 0 amide bonds. The maximum atomic E-state index is 12.2. The first-order valence-corrected chi connectivity index (χ1v) is 4.98. The Morgan fingerprint density at radius 3 is 2.47 bits per heavy atom. The molecule has 0 radical (unpaired) electrons. The molecular formula is C10H10F3NS. The second-order valence-electron chi connectivity index (χ2n) is 2.85. The highest BCUT2D eigenvalue weighted by atomic mass is 32.2. The third-order valence-corrected chi connectivity index (χ3v) is 2.58. The first kappa shape index (κ1) is 12.1. The first-order chi connectivity index (χ1) is 6.94. The summed E-state index contributed by atoms with van der Waals surface area (Å²) in [7, 11) is 0. The zero-order valence-electron chi connectivity index (χ0n) is 7.79. The number of rotatable bonds is 3. The summed E-state index contributed by atoms with van der Waals surface area (Å²) in [5.74, 6) is 0. The molecule has 0 aliphatic rings. The van der Waals surface area contributed by atoms with Crippen LogP contribution in [-0.4, -0.2) is 5.51 Å². The van der Waals surface area contributed by atoms with Gasteiger partial charge in [0, 0.05) is 10.9 Å². The van der Waals surface area contributed by atoms with Gasteiger partial charge in [-0.3, -0.25) is 0 Å². The molecule has 5 heteroatoms. The van der Waals surface area contributed by atoms with E-state index in [4.69, 9.17) is 5.73 Å². The van der Waals surface area contributed by atoms with Crippen molar-refractivity contribution in [3.63, 3.8) is 0 Å². The first-order valence-electron chi connectivity index (χ1n) is 4.17. The summed E-state index contributed by atoms with van der Waals surface area (Å²) >= 11 is -0.157. The van der Waals surface area contributed by atoms with Crippen LogP contribution < -0.4 is 5.73 Å². The Bertz CT molecular complexity index is 349. The lowest BCUT2D eigenvalue weighted by Gasteiger charge is -2.13. The lowest BCUT2D eigenvalue weighted by Crippen LogP contribution is -2.09. The normalized spacial score (nSPS) is 13.6. The van der Waals surface area contributed by atoms with Gasteiger partial charge < -0.3 is 5.73 Å². The maximum Gasteiger partial charge on any atom is 0.446 e. The zero-order valence-corrected chi connectivity index (χ0v) is 8.61. The Labute approximate surface area is 90.2 Å². The Morgan fingerprint density at radius 2 is 1.93 bits per heavy atom. The smallest absolute Gasteiger partial charge is 0.321 e. The van der Waals surface area contributed by atoms with Crippen molar-refractivity contribution in [1.29, 1.82) is 0 Å². The molecule has 0 aromatic heterocycles. The van der Waals surface area contributed by atoms with E-state index < -0.39 is 11.6 Å². The predicted octanol–water partition coefficient (Wildman–Crippen LogP) is 3.48. The fourth-order valence-corrected chi connectivity index (χ4v) is 1.82. The lowest BCUT2D eigenvalue weighted by molar-refractivity contribution is -0.0328. The molecular weight excluding hydrogens is 223 g/mol. The van der Waals surface area contributed by atoms with Gasteiger partial charge in [-0.05, 0) is 23.4 Å². The van der Waals surface area contributed by atoms with Crippen molar-refractivity contribution in [2.45, 2.75) is 16.4 Å². The van der Waals surface area contributed by atoms with Crippen molar-refractivity contribution >= 4 is 11.8 Å². The SMILES string of the molecule is C=C[C@H](N)c1ccccc1SC(F)(F)F. The Balaban J connectivity index is 3.01. The van der Waals surface area contributed by atoms with E-state index in [0.717, 1.165) is 0 Å². The second kappa shape index (κ2) is 4.72. The molecule has 1 aromatic carbocycles. The van der Waals surface area contributed by atoms with Crippen molar-refractivity contribution in [1.82, 2.24) is 0 Å². The van der Waals surface area contributed by atoms with Crippen LogP contribution in [0.5, 0.6) is 0 Å². The average Bonchev–Trinajstić information content (AvgIpc) is 2.15. The standard InChI is InChI=1S/C10H10F3NS/c1-2-8(14)7-5-3-4-6-9(7)15-10(11,12)13/h2-6,8H,1,14H2/t8-/m0/s1. The molecule has 82 valence electrons. The van der Waals surface area contributed by atoms with Gasteiger partial charge in [0.05, 0.1) is 0 Å². The monoisotopic (exact) mass is 233 g/mol. The van der Waals surface area contributed by atoms with Crippen LogP contribution in [0.15, 0.2) is 41.8 Å². The van der Waals surface area contributed by atoms with Gasteiger partial charge in [-0.1, -0.05) is 24.3 Å². The second-order valence-corrected chi connectivity index (χ2v) is 3.95. The molecule has 1 nitrogen and oxygen atoms in total. The molecule has 1 rings (SSSR count). The van der Waals surface area contributed by atoms with Gasteiger partial charge in [0.1, 0.15) is 0 Å². The van der Waals surface area contributed by atoms with E-state index in [-0.39, 0.29) is 16.7 Å². The van der Waals surface area contributed by atoms with Gasteiger partial charge in [0.25, 0.3) is 0 Å². The summed E-state index contributed by atoms with van der Waals surface area (Å²) in [5, 5.41) is 0. The van der Waals surface area contributed by atoms with Crippen LogP contribution in [0.3, 0.4) is 0 Å². The molecule has 1 atom stereocenters. The highest BCUT2D eigenvalue weighted by Crippen LogP contribution is 2.39. The summed E-state index contributed by atoms with van der Waals surface area (Å²) in [5.41, 5.74) is 1.76. The number of hydrogen-bond donors (Lipinski definition) is 1. The van der Waals surface area contributed by atoms with Crippen LogP contribution in [0.25, 0.3) is 0 Å². The fraction of sp³-hybridized carbons (Fsp3) is 0.200. The van der Waals surface area contributed by atoms with Crippen LogP contribution in [0.4, 0.5) is 13.2 Å². The summed E-state index contributed by atoms with van der Waals surface area (Å²) < 4.78 is 36.6. The summed E-state index contributed by atoms with van der Waals surface area (Å²) in [6, 6.07) is 5.60. The minimum atomic E-state index is -4.29. The lowest BCUT2D eigenvalue weighted by atomic mass is 10.1. The molecule has 0 bridgehead atoms. The molecule has 0 spiro atoms. The van der Waals surface area contributed by atoms with Gasteiger partial charge in [-0.15, -0.1) is 6.58 Å². The molecule has 0 saturated heterocycles. The van der Waals surface area contributed by atoms with E-state index >= 15 is 0 Å². The number of benzene rings is 1. The molecule has 0 unspecified atom stereocenters. The summed E-state index contributed by atoms with van der Waals surface area (Å²) in [4.78, 5) is 0.123. The van der Waals surface area contributed by atoms with E-state index in [9.17, 15) is 13.2 Å². The van der Waals surface area contributed by atoms with Gasteiger partial charge >= 0.3 is 5.51 Å². The van der Waals surface area contributed by atoms with E-state index in [1.807, 2.05) is 0 Å². The molecule has 0 aliphatic heterocycles. The molecule has 1 aromatic rings. The topological polar surface area (TPSA) is 26.0 Å². The number of halogens is 3. The van der Waals surface area contributed by atoms with Gasteiger partial charge in [0.15, 0.2) is 0 Å². The van der Waals surface area contributed by atoms with E-state index in [0.29, 0.717) is 5.56 Å².